The van der Waals surface area contributed by atoms with Gasteiger partial charge in [0.1, 0.15) is 5.76 Å². The van der Waals surface area contributed by atoms with Crippen molar-refractivity contribution in [3.8, 4) is 0 Å². The molecule has 0 heterocycles. The van der Waals surface area contributed by atoms with Crippen LogP contribution in [0.5, 0.6) is 0 Å². The van der Waals surface area contributed by atoms with Crippen molar-refractivity contribution in [2.75, 3.05) is 7.11 Å². The number of halogens is 1. The van der Waals surface area contributed by atoms with Crippen LogP contribution in [-0.2, 0) is 11.2 Å². The van der Waals surface area contributed by atoms with Gasteiger partial charge in [-0.2, -0.15) is 0 Å². The number of rotatable bonds is 4. The molecule has 378 valence electrons. The van der Waals surface area contributed by atoms with Gasteiger partial charge in [0.05, 0.1) is 7.11 Å². The van der Waals surface area contributed by atoms with Crippen molar-refractivity contribution in [2.45, 2.75) is 26.2 Å². The van der Waals surface area contributed by atoms with Crippen molar-refractivity contribution in [1.29, 1.82) is 0 Å². The van der Waals surface area contributed by atoms with E-state index in [1.54, 1.807) is 7.11 Å². The first kappa shape index (κ1) is 49.5. The van der Waals surface area contributed by atoms with Gasteiger partial charge in [0.15, 0.2) is 0 Å². The molecule has 1 nitrogen and oxygen atoms in total. The zero-order valence-electron chi connectivity index (χ0n) is 44.4. The monoisotopic (exact) mass is 1080 g/mol. The summed E-state index contributed by atoms with van der Waals surface area (Å²) in [7, 11) is 1.75. The van der Waals surface area contributed by atoms with E-state index in [1.165, 1.54) is 136 Å². The molecule has 79 heavy (non-hydrogen) atoms. The zero-order chi connectivity index (χ0) is 53.2. The van der Waals surface area contributed by atoms with E-state index in [1.807, 2.05) is 0 Å². The maximum atomic E-state index is 5.48. The molecule has 0 aliphatic heterocycles. The van der Waals surface area contributed by atoms with Gasteiger partial charge in [0.25, 0.3) is 0 Å². The van der Waals surface area contributed by atoms with Crippen LogP contribution in [0, 0.1) is 0 Å². The zero-order valence-corrected chi connectivity index (χ0v) is 46.0. The van der Waals surface area contributed by atoms with Crippen molar-refractivity contribution < 1.29 is 4.74 Å². The van der Waals surface area contributed by atoms with Crippen LogP contribution in [0.2, 0.25) is 0 Å². The van der Waals surface area contributed by atoms with Gasteiger partial charge in [0, 0.05) is 16.5 Å². The van der Waals surface area contributed by atoms with E-state index in [4.69, 9.17) is 4.74 Å². The molecule has 0 spiro atoms. The summed E-state index contributed by atoms with van der Waals surface area (Å²) in [5, 5.41) is 23.5. The van der Waals surface area contributed by atoms with Crippen LogP contribution in [0.25, 0.3) is 114 Å². The second-order valence-corrected chi connectivity index (χ2v) is 21.6. The lowest BCUT2D eigenvalue weighted by molar-refractivity contribution is 0.289. The van der Waals surface area contributed by atoms with Gasteiger partial charge >= 0.3 is 0 Å². The van der Waals surface area contributed by atoms with Gasteiger partial charge in [-0.15, -0.1) is 0 Å². The first-order valence-electron chi connectivity index (χ1n) is 27.4. The summed E-state index contributed by atoms with van der Waals surface area (Å²) in [6.45, 7) is 2.08. The van der Waals surface area contributed by atoms with E-state index in [9.17, 15) is 0 Å². The molecular formula is C77H57BrO. The summed E-state index contributed by atoms with van der Waals surface area (Å²) in [5.74, 6) is 1.05. The number of ether oxygens (including phenoxy) is 1. The van der Waals surface area contributed by atoms with Crippen molar-refractivity contribution in [2.24, 2.45) is 0 Å². The smallest absolute Gasteiger partial charge is 0.107 e. The van der Waals surface area contributed by atoms with E-state index in [-0.39, 0.29) is 0 Å². The molecule has 0 N–H and O–H groups in total. The topological polar surface area (TPSA) is 9.23 Å². The SMILES string of the molecule is Brc1ccc2cc3ccccc3cc2c1.C1=Cc2c(ccc3c2ccc2cc4ccccc4cc23)C1.CC=CC1=C(c2ccc3cc4ccccc4cc3c2)C=CC1.COC1=C(c2ccc3cc4ccccc4cc3c2)C=CC1. The molecule has 0 fully saturated rings. The Kier molecular flexibility index (Phi) is 13.6. The van der Waals surface area contributed by atoms with E-state index < -0.39 is 0 Å². The minimum absolute atomic E-state index is 0.890. The van der Waals surface area contributed by atoms with Gasteiger partial charge in [0.2, 0.25) is 0 Å². The largest absolute Gasteiger partial charge is 0.500 e. The summed E-state index contributed by atoms with van der Waals surface area (Å²) in [6, 6.07) is 81.2. The second kappa shape index (κ2) is 21.7. The fourth-order valence-corrected chi connectivity index (χ4v) is 12.2. The normalized spacial score (nSPS) is 13.6. The molecule has 0 unspecified atom stereocenters. The van der Waals surface area contributed by atoms with E-state index in [2.05, 4.69) is 296 Å². The van der Waals surface area contributed by atoms with Crippen molar-refractivity contribution >= 4 is 130 Å². The standard InChI is InChI=1S/C22H18.C21H14.C20H16O.C14H9Br/c1-2-6-16-9-5-10-22(16)20-12-11-19-13-17-7-3-4-8-18(17)14-21(19)15-20;1-2-5-16-13-21-17(12-15(16)4-1)9-11-19-18-7-3-6-14(18)8-10-20(19)21;1-21-20-8-4-7-19(20)17-10-9-16-11-14-5-2-3-6-15(14)12-18(16)13-17;15-14-6-5-12-7-10-3-1-2-4-11(10)8-13(12)9-14/h2-8,10-15H,9H2,1H3;1-5,7-13H,6H2;2-7,9-13H,8H2,1H3;1-9H. The summed E-state index contributed by atoms with van der Waals surface area (Å²) in [6.07, 6.45) is 20.7. The Balaban J connectivity index is 0.000000101. The fraction of sp³-hybridized carbons (Fsp3) is 0.0649. The number of fused-ring (bicyclic) bond motifs is 12. The van der Waals surface area contributed by atoms with Crippen LogP contribution in [0.3, 0.4) is 0 Å². The third-order valence-electron chi connectivity index (χ3n) is 15.8. The van der Waals surface area contributed by atoms with Gasteiger partial charge in [-0.1, -0.05) is 216 Å². The molecule has 0 saturated heterocycles. The van der Waals surface area contributed by atoms with Crippen molar-refractivity contribution in [1.82, 2.24) is 0 Å². The van der Waals surface area contributed by atoms with Crippen molar-refractivity contribution in [3.63, 3.8) is 0 Å². The quantitative estimate of drug-likeness (QED) is 0.126. The summed E-state index contributed by atoms with van der Waals surface area (Å²) in [4.78, 5) is 0. The molecule has 0 amide bonds. The summed E-state index contributed by atoms with van der Waals surface area (Å²) >= 11 is 3.50. The lowest BCUT2D eigenvalue weighted by Crippen LogP contribution is -1.88. The molecule has 0 bridgehead atoms. The Morgan fingerprint density at radius 2 is 0.785 bits per heavy atom. The van der Waals surface area contributed by atoms with Gasteiger partial charge in [-0.25, -0.2) is 0 Å². The second-order valence-electron chi connectivity index (χ2n) is 20.7. The third kappa shape index (κ3) is 10.1. The maximum Gasteiger partial charge on any atom is 0.107 e. The lowest BCUT2D eigenvalue weighted by Gasteiger charge is -2.09. The molecular weight excluding hydrogens is 1020 g/mol. The fourth-order valence-electron chi connectivity index (χ4n) is 11.8. The van der Waals surface area contributed by atoms with Crippen LogP contribution in [-0.4, -0.2) is 7.11 Å². The Bertz CT molecular complexity index is 4750. The molecule has 3 aliphatic rings. The highest BCUT2D eigenvalue weighted by molar-refractivity contribution is 9.10. The molecule has 13 aromatic rings. The van der Waals surface area contributed by atoms with Crippen LogP contribution in [0.4, 0.5) is 0 Å². The predicted molar refractivity (Wildman–Crippen MR) is 347 cm³/mol. The maximum absolute atomic E-state index is 5.48. The van der Waals surface area contributed by atoms with Crippen molar-refractivity contribution in [3.05, 3.63) is 305 Å². The molecule has 0 atom stereocenters. The summed E-state index contributed by atoms with van der Waals surface area (Å²) in [5.41, 5.74) is 9.35. The molecule has 0 radical (unpaired) electrons. The minimum atomic E-state index is 0.890. The predicted octanol–water partition coefficient (Wildman–Crippen LogP) is 22.1. The van der Waals surface area contributed by atoms with Gasteiger partial charge in [-0.3, -0.25) is 0 Å². The first-order chi connectivity index (χ1) is 38.9. The van der Waals surface area contributed by atoms with E-state index in [0.29, 0.717) is 0 Å². The van der Waals surface area contributed by atoms with Crippen LogP contribution < -0.4 is 0 Å². The average Bonchev–Trinajstić information content (AvgIpc) is 4.41. The number of allylic oxidation sites excluding steroid dienone is 10. The van der Waals surface area contributed by atoms with E-state index in [0.717, 1.165) is 29.5 Å². The minimum Gasteiger partial charge on any atom is -0.500 e. The van der Waals surface area contributed by atoms with Crippen LogP contribution >= 0.6 is 15.9 Å². The molecule has 0 aromatic heterocycles. The molecule has 2 heteroatoms. The highest BCUT2D eigenvalue weighted by Gasteiger charge is 2.14. The van der Waals surface area contributed by atoms with Crippen LogP contribution in [0.15, 0.2) is 283 Å². The molecule has 3 aliphatic carbocycles. The molecule has 16 rings (SSSR count). The third-order valence-corrected chi connectivity index (χ3v) is 16.3. The molecule has 13 aromatic carbocycles. The van der Waals surface area contributed by atoms with Gasteiger partial charge < -0.3 is 4.74 Å². The number of hydrogen-bond donors (Lipinski definition) is 0. The lowest BCUT2D eigenvalue weighted by atomic mass is 9.94. The number of hydrogen-bond acceptors (Lipinski definition) is 1. The Morgan fingerprint density at radius 1 is 0.354 bits per heavy atom. The first-order valence-corrected chi connectivity index (χ1v) is 28.2. The average molecular weight is 1080 g/mol. The summed E-state index contributed by atoms with van der Waals surface area (Å²) < 4.78 is 6.61. The van der Waals surface area contributed by atoms with Gasteiger partial charge in [-0.05, 0) is 223 Å². The Labute approximate surface area is 470 Å². The highest BCUT2D eigenvalue weighted by atomic mass is 79.9. The number of methoxy groups -OCH3 is 1. The van der Waals surface area contributed by atoms with E-state index >= 15 is 0 Å². The number of benzene rings is 13. The molecule has 0 saturated carbocycles. The Morgan fingerprint density at radius 3 is 1.34 bits per heavy atom. The van der Waals surface area contributed by atoms with Crippen LogP contribution in [0.1, 0.15) is 42.0 Å². The highest BCUT2D eigenvalue weighted by Crippen LogP contribution is 2.37. The Hall–Kier alpha value is -9.08.